The zero-order valence-electron chi connectivity index (χ0n) is 21.6. The second-order valence-corrected chi connectivity index (χ2v) is 12.6. The van der Waals surface area contributed by atoms with Crippen LogP contribution in [-0.2, 0) is 61.6 Å². The van der Waals surface area contributed by atoms with Gasteiger partial charge in [0.1, 0.15) is 30.8 Å². The number of carboxylic acid groups (broad SMARTS) is 3. The summed E-state index contributed by atoms with van der Waals surface area (Å²) in [5, 5.41) is 48.4. The minimum atomic E-state index is -5.61. The van der Waals surface area contributed by atoms with E-state index >= 15 is 0 Å². The molecule has 1 aliphatic heterocycles. The molecule has 244 valence electrons. The highest BCUT2D eigenvalue weighted by Crippen LogP contribution is 2.54. The lowest BCUT2D eigenvalue weighted by Gasteiger charge is -2.48. The minimum Gasteiger partial charge on any atom is -0.480 e. The van der Waals surface area contributed by atoms with Crippen LogP contribution in [0.2, 0.25) is 0 Å². The van der Waals surface area contributed by atoms with Crippen molar-refractivity contribution in [1.29, 1.82) is 0 Å². The van der Waals surface area contributed by atoms with Crippen LogP contribution >= 0.6 is 23.5 Å². The molecule has 1 aromatic carbocycles. The zero-order chi connectivity index (χ0) is 32.6. The van der Waals surface area contributed by atoms with E-state index in [1.54, 1.807) is 30.3 Å². The van der Waals surface area contributed by atoms with E-state index < -0.39 is 92.0 Å². The van der Waals surface area contributed by atoms with Crippen molar-refractivity contribution >= 4 is 41.4 Å². The van der Waals surface area contributed by atoms with Crippen molar-refractivity contribution in [2.75, 3.05) is 26.4 Å². The molecule has 0 bridgehead atoms. The lowest BCUT2D eigenvalue weighted by Crippen LogP contribution is -2.67. The Labute approximate surface area is 241 Å². The topological polar surface area (TPSA) is 323 Å². The average Bonchev–Trinajstić information content (AvgIpc) is 2.90. The third kappa shape index (κ3) is 12.4. The molecule has 0 aliphatic carbocycles. The number of aliphatic hydroxyl groups excluding tert-OH is 2. The molecule has 8 N–H and O–H groups in total. The number of phosphoric acid groups is 3. The second kappa shape index (κ2) is 15.7. The number of carboxylic acids is 3. The van der Waals surface area contributed by atoms with E-state index in [1.807, 2.05) is 0 Å². The maximum Gasteiger partial charge on any atom is 0.473 e. The van der Waals surface area contributed by atoms with Gasteiger partial charge in [-0.1, -0.05) is 30.3 Å². The standard InChI is InChI=1S/C19H28NO20P3/c21-12(22)8-35-41(29,30)38-15-16(39-42(31,32)36-9-13(23)24)18(27)20(7-6-11-4-2-1-3-5-11)19(28)17(15)40-43(33,34)37-10-14(25)26/h1-5,15-19,27-28H,6-10H2,(H,21,22)(H,23,24)(H,25,26)(H,29,30)(H,31,32)(H,33,34)/t15?,16-,17-,18?,19?/m0/s1. The normalized spacial score (nSPS) is 27.0. The van der Waals surface area contributed by atoms with Gasteiger partial charge in [0.15, 0.2) is 19.8 Å². The highest BCUT2D eigenvalue weighted by atomic mass is 31.2. The minimum absolute atomic E-state index is 0.0126. The summed E-state index contributed by atoms with van der Waals surface area (Å²) in [6, 6.07) is 8.21. The van der Waals surface area contributed by atoms with E-state index in [0.29, 0.717) is 10.5 Å². The van der Waals surface area contributed by atoms with Crippen LogP contribution in [0.25, 0.3) is 0 Å². The maximum atomic E-state index is 12.5. The number of aliphatic carboxylic acids is 3. The molecule has 0 amide bonds. The summed E-state index contributed by atoms with van der Waals surface area (Å²) in [4.78, 5) is 63.3. The van der Waals surface area contributed by atoms with E-state index in [0.717, 1.165) is 0 Å². The molecule has 43 heavy (non-hydrogen) atoms. The molecule has 21 nitrogen and oxygen atoms in total. The fourth-order valence-electron chi connectivity index (χ4n) is 3.54. The fourth-order valence-corrected chi connectivity index (χ4v) is 6.16. The van der Waals surface area contributed by atoms with Gasteiger partial charge in [-0.25, -0.2) is 33.0 Å². The van der Waals surface area contributed by atoms with Crippen LogP contribution in [0.3, 0.4) is 0 Å². The van der Waals surface area contributed by atoms with Crippen LogP contribution in [0.15, 0.2) is 30.3 Å². The Balaban J connectivity index is 2.56. The summed E-state index contributed by atoms with van der Waals surface area (Å²) in [6.07, 6.45) is -12.2. The van der Waals surface area contributed by atoms with Crippen molar-refractivity contribution in [2.24, 2.45) is 0 Å². The highest BCUT2D eigenvalue weighted by Gasteiger charge is 2.56. The lowest BCUT2D eigenvalue weighted by molar-refractivity contribution is -0.251. The molecular weight excluding hydrogens is 655 g/mol. The Bertz CT molecular complexity index is 1210. The molecule has 1 aliphatic rings. The summed E-state index contributed by atoms with van der Waals surface area (Å²) in [6.45, 7) is -4.72. The van der Waals surface area contributed by atoms with Crippen molar-refractivity contribution in [3.05, 3.63) is 35.9 Å². The maximum absolute atomic E-state index is 12.5. The van der Waals surface area contributed by atoms with E-state index in [4.69, 9.17) is 28.9 Å². The molecule has 7 atom stereocenters. The summed E-state index contributed by atoms with van der Waals surface area (Å²) in [5.74, 6) is -5.29. The quantitative estimate of drug-likeness (QED) is 0.0855. The first-order valence-corrected chi connectivity index (χ1v) is 16.1. The first-order valence-electron chi connectivity index (χ1n) is 11.6. The molecule has 1 fully saturated rings. The van der Waals surface area contributed by atoms with Crippen molar-refractivity contribution in [3.63, 3.8) is 0 Å². The Morgan fingerprint density at radius 2 is 1.00 bits per heavy atom. The van der Waals surface area contributed by atoms with Crippen LogP contribution in [0, 0.1) is 0 Å². The van der Waals surface area contributed by atoms with Gasteiger partial charge < -0.3 is 40.2 Å². The van der Waals surface area contributed by atoms with Crippen molar-refractivity contribution in [2.45, 2.75) is 37.2 Å². The van der Waals surface area contributed by atoms with Gasteiger partial charge in [0.2, 0.25) is 0 Å². The number of piperidine rings is 1. The molecule has 0 radical (unpaired) electrons. The number of aliphatic hydroxyl groups is 2. The predicted molar refractivity (Wildman–Crippen MR) is 134 cm³/mol. The second-order valence-electron chi connectivity index (χ2n) is 8.42. The molecule has 24 heteroatoms. The number of likely N-dealkylation sites (tertiary alicyclic amines) is 1. The van der Waals surface area contributed by atoms with E-state index in [9.17, 15) is 53.0 Å². The van der Waals surface area contributed by atoms with Gasteiger partial charge in [-0.3, -0.25) is 27.1 Å². The molecule has 0 aromatic heterocycles. The predicted octanol–water partition coefficient (Wildman–Crippen LogP) is -1.06. The van der Waals surface area contributed by atoms with Crippen LogP contribution in [0.4, 0.5) is 0 Å². The van der Waals surface area contributed by atoms with Gasteiger partial charge in [-0.15, -0.1) is 0 Å². The van der Waals surface area contributed by atoms with Crippen LogP contribution in [0.1, 0.15) is 5.56 Å². The zero-order valence-corrected chi connectivity index (χ0v) is 24.3. The SMILES string of the molecule is O=C(O)COP(=O)(O)OC1[C@H](OP(=O)(O)OCC(=O)O)C(O)N(CCc2ccccc2)C(O)[C@H]1OP(=O)(O)OCC(=O)O. The number of rotatable bonds is 18. The molecule has 1 heterocycles. The lowest BCUT2D eigenvalue weighted by atomic mass is 9.97. The smallest absolute Gasteiger partial charge is 0.473 e. The third-order valence-electron chi connectivity index (χ3n) is 5.23. The van der Waals surface area contributed by atoms with Gasteiger partial charge in [-0.2, -0.15) is 0 Å². The largest absolute Gasteiger partial charge is 0.480 e. The summed E-state index contributed by atoms with van der Waals surface area (Å²) >= 11 is 0. The average molecular weight is 683 g/mol. The van der Waals surface area contributed by atoms with Gasteiger partial charge in [-0.05, 0) is 12.0 Å². The first-order chi connectivity index (χ1) is 19.8. The molecular formula is C19H28NO20P3. The molecule has 0 spiro atoms. The van der Waals surface area contributed by atoms with Gasteiger partial charge in [0.05, 0.1) is 0 Å². The summed E-state index contributed by atoms with van der Waals surface area (Å²) in [7, 11) is -16.7. The molecule has 1 saturated heterocycles. The van der Waals surface area contributed by atoms with Gasteiger partial charge >= 0.3 is 41.4 Å². The molecule has 1 aromatic rings. The monoisotopic (exact) mass is 683 g/mol. The van der Waals surface area contributed by atoms with E-state index in [-0.39, 0.29) is 13.0 Å². The Hall–Kier alpha value is -2.16. The van der Waals surface area contributed by atoms with Crippen molar-refractivity contribution in [1.82, 2.24) is 4.90 Å². The number of benzene rings is 1. The Kier molecular flexibility index (Phi) is 13.5. The number of phosphoric ester groups is 3. The van der Waals surface area contributed by atoms with Crippen LogP contribution < -0.4 is 0 Å². The fraction of sp³-hybridized carbons (Fsp3) is 0.526. The summed E-state index contributed by atoms with van der Waals surface area (Å²) in [5.41, 5.74) is 0.604. The molecule has 5 unspecified atom stereocenters. The van der Waals surface area contributed by atoms with E-state index in [1.165, 1.54) is 0 Å². The Morgan fingerprint density at radius 1 is 0.651 bits per heavy atom. The van der Waals surface area contributed by atoms with Gasteiger partial charge in [0.25, 0.3) is 0 Å². The third-order valence-corrected chi connectivity index (χ3v) is 8.13. The van der Waals surface area contributed by atoms with Crippen molar-refractivity contribution < 1.29 is 95.4 Å². The van der Waals surface area contributed by atoms with Crippen molar-refractivity contribution in [3.8, 4) is 0 Å². The summed E-state index contributed by atoms with van der Waals surface area (Å²) < 4.78 is 64.7. The van der Waals surface area contributed by atoms with Crippen LogP contribution in [-0.4, -0.2) is 120 Å². The Morgan fingerprint density at radius 3 is 1.35 bits per heavy atom. The molecule has 2 rings (SSSR count). The number of hydrogen-bond acceptors (Lipinski definition) is 15. The molecule has 0 saturated carbocycles. The first kappa shape index (κ1) is 37.0. The number of nitrogens with zero attached hydrogens (tertiary/aromatic N) is 1. The highest BCUT2D eigenvalue weighted by molar-refractivity contribution is 7.48. The van der Waals surface area contributed by atoms with Crippen LogP contribution in [0.5, 0.6) is 0 Å². The van der Waals surface area contributed by atoms with Gasteiger partial charge in [0, 0.05) is 6.54 Å². The number of hydrogen-bond donors (Lipinski definition) is 8. The number of carbonyl (C=O) groups is 3. The van der Waals surface area contributed by atoms with E-state index in [2.05, 4.69) is 13.6 Å².